The molecule has 0 saturated carbocycles. The Bertz CT molecular complexity index is 1420. The molecule has 2 aromatic heterocycles. The molecule has 2 heterocycles. The fourth-order valence-electron chi connectivity index (χ4n) is 4.89. The van der Waals surface area contributed by atoms with E-state index in [0.717, 1.165) is 0 Å². The third-order valence-corrected chi connectivity index (χ3v) is 6.33. The van der Waals surface area contributed by atoms with Crippen LogP contribution in [-0.4, -0.2) is 4.57 Å². The van der Waals surface area contributed by atoms with Crippen LogP contribution in [0.1, 0.15) is 22.3 Å². The third-order valence-electron chi connectivity index (χ3n) is 6.33. The van der Waals surface area contributed by atoms with Crippen molar-refractivity contribution >= 4 is 21.8 Å². The molecule has 0 amide bonds. The van der Waals surface area contributed by atoms with E-state index < -0.39 is 0 Å². The van der Waals surface area contributed by atoms with Gasteiger partial charge in [-0.25, -0.2) is 4.57 Å². The first-order valence-corrected chi connectivity index (χ1v) is 10.5. The van der Waals surface area contributed by atoms with E-state index in [2.05, 4.69) is 117 Å². The normalized spacial score (nSPS) is 11.5. The smallest absolute Gasteiger partial charge is 0.236 e. The Morgan fingerprint density at radius 2 is 1.30 bits per heavy atom. The summed E-state index contributed by atoms with van der Waals surface area (Å²) in [4.78, 5) is 0. The van der Waals surface area contributed by atoms with Gasteiger partial charge in [-0.05, 0) is 73.7 Å². The van der Waals surface area contributed by atoms with Crippen LogP contribution in [-0.2, 0) is 7.05 Å². The molecule has 0 radical (unpaired) electrons. The Morgan fingerprint density at radius 3 is 2.07 bits per heavy atom. The largest absolute Gasteiger partial charge is 0.287 e. The maximum Gasteiger partial charge on any atom is 0.287 e. The standard InChI is InChI=1S/C28H27N2/c1-18-10-8-11-19(2)27(18)24-17-29(5)26(16-21(24)4)30-25-15-7-6-13-22(25)23-14-9-12-20(3)28(23)30/h6-17H,1-5H3/q+1. The van der Waals surface area contributed by atoms with Gasteiger partial charge in [-0.15, -0.1) is 0 Å². The highest BCUT2D eigenvalue weighted by Crippen LogP contribution is 2.34. The van der Waals surface area contributed by atoms with Crippen LogP contribution in [0.3, 0.4) is 0 Å². The zero-order chi connectivity index (χ0) is 21.0. The van der Waals surface area contributed by atoms with Crippen LogP contribution < -0.4 is 4.57 Å². The molecular weight excluding hydrogens is 364 g/mol. The Labute approximate surface area is 178 Å². The SMILES string of the molecule is Cc1cc(-n2c3ccccc3c3cccc(C)c32)[n+](C)cc1-c1c(C)cccc1C. The van der Waals surface area contributed by atoms with Gasteiger partial charge in [-0.1, -0.05) is 42.5 Å². The van der Waals surface area contributed by atoms with Gasteiger partial charge in [0.1, 0.15) is 11.0 Å². The summed E-state index contributed by atoms with van der Waals surface area (Å²) in [6.45, 7) is 8.83. The van der Waals surface area contributed by atoms with Crippen LogP contribution in [0.15, 0.2) is 72.9 Å². The van der Waals surface area contributed by atoms with E-state index in [4.69, 9.17) is 0 Å². The molecule has 0 atom stereocenters. The van der Waals surface area contributed by atoms with Gasteiger partial charge in [0, 0.05) is 22.4 Å². The first-order valence-electron chi connectivity index (χ1n) is 10.5. The highest BCUT2D eigenvalue weighted by atomic mass is 15.1. The van der Waals surface area contributed by atoms with Crippen LogP contribution >= 0.6 is 0 Å². The number of aryl methyl sites for hydroxylation is 5. The van der Waals surface area contributed by atoms with Crippen molar-refractivity contribution in [3.63, 3.8) is 0 Å². The number of hydrogen-bond donors (Lipinski definition) is 0. The van der Waals surface area contributed by atoms with Crippen molar-refractivity contribution in [3.05, 3.63) is 95.2 Å². The lowest BCUT2D eigenvalue weighted by atomic mass is 9.94. The average molecular weight is 392 g/mol. The molecule has 148 valence electrons. The second kappa shape index (κ2) is 6.84. The second-order valence-electron chi connectivity index (χ2n) is 8.43. The Hall–Kier alpha value is -3.39. The molecule has 2 heteroatoms. The van der Waals surface area contributed by atoms with Crippen molar-refractivity contribution in [3.8, 4) is 16.9 Å². The Balaban J connectivity index is 1.85. The molecule has 0 aliphatic rings. The quantitative estimate of drug-likeness (QED) is 0.303. The second-order valence-corrected chi connectivity index (χ2v) is 8.43. The monoisotopic (exact) mass is 391 g/mol. The minimum Gasteiger partial charge on any atom is -0.236 e. The van der Waals surface area contributed by atoms with Gasteiger partial charge in [-0.2, -0.15) is 4.57 Å². The molecule has 30 heavy (non-hydrogen) atoms. The van der Waals surface area contributed by atoms with Crippen molar-refractivity contribution in [2.24, 2.45) is 7.05 Å². The van der Waals surface area contributed by atoms with E-state index in [1.54, 1.807) is 0 Å². The van der Waals surface area contributed by atoms with Gasteiger partial charge in [0.25, 0.3) is 5.82 Å². The van der Waals surface area contributed by atoms with Crippen LogP contribution in [0, 0.1) is 27.7 Å². The van der Waals surface area contributed by atoms with Crippen molar-refractivity contribution in [2.75, 3.05) is 0 Å². The molecule has 5 rings (SSSR count). The first-order chi connectivity index (χ1) is 14.5. The Kier molecular flexibility index (Phi) is 4.25. The van der Waals surface area contributed by atoms with E-state index in [-0.39, 0.29) is 0 Å². The number of rotatable bonds is 2. The van der Waals surface area contributed by atoms with Gasteiger partial charge in [-0.3, -0.25) is 0 Å². The zero-order valence-electron chi connectivity index (χ0n) is 18.3. The molecule has 0 N–H and O–H groups in total. The van der Waals surface area contributed by atoms with Crippen LogP contribution in [0.2, 0.25) is 0 Å². The van der Waals surface area contributed by atoms with Gasteiger partial charge >= 0.3 is 0 Å². The molecule has 3 aromatic carbocycles. The predicted octanol–water partition coefficient (Wildman–Crippen LogP) is 6.51. The van der Waals surface area contributed by atoms with E-state index >= 15 is 0 Å². The summed E-state index contributed by atoms with van der Waals surface area (Å²) in [7, 11) is 2.16. The maximum atomic E-state index is 2.42. The lowest BCUT2D eigenvalue weighted by Crippen LogP contribution is -2.34. The summed E-state index contributed by atoms with van der Waals surface area (Å²) in [6, 6.07) is 24.2. The lowest BCUT2D eigenvalue weighted by molar-refractivity contribution is -0.665. The topological polar surface area (TPSA) is 8.81 Å². The molecule has 0 fully saturated rings. The summed E-state index contributed by atoms with van der Waals surface area (Å²) < 4.78 is 4.69. The third kappa shape index (κ3) is 2.68. The summed E-state index contributed by atoms with van der Waals surface area (Å²) in [5.74, 6) is 1.18. The molecule has 0 unspecified atom stereocenters. The zero-order valence-corrected chi connectivity index (χ0v) is 18.3. The maximum absolute atomic E-state index is 2.42. The molecule has 0 spiro atoms. The number of pyridine rings is 1. The lowest BCUT2D eigenvalue weighted by Gasteiger charge is -2.14. The summed E-state index contributed by atoms with van der Waals surface area (Å²) in [5.41, 5.74) is 10.4. The van der Waals surface area contributed by atoms with Gasteiger partial charge in [0.2, 0.25) is 0 Å². The van der Waals surface area contributed by atoms with E-state index in [9.17, 15) is 0 Å². The summed E-state index contributed by atoms with van der Waals surface area (Å²) >= 11 is 0. The number of para-hydroxylation sites is 2. The minimum atomic E-state index is 1.18. The average Bonchev–Trinajstić information content (AvgIpc) is 3.06. The number of hydrogen-bond acceptors (Lipinski definition) is 0. The highest BCUT2D eigenvalue weighted by Gasteiger charge is 2.23. The van der Waals surface area contributed by atoms with Crippen LogP contribution in [0.4, 0.5) is 0 Å². The molecular formula is C28H27N2+. The van der Waals surface area contributed by atoms with Crippen molar-refractivity contribution in [1.82, 2.24) is 4.57 Å². The number of fused-ring (bicyclic) bond motifs is 3. The number of benzene rings is 3. The predicted molar refractivity (Wildman–Crippen MR) is 126 cm³/mol. The molecule has 5 aromatic rings. The van der Waals surface area contributed by atoms with E-state index in [0.29, 0.717) is 0 Å². The number of aromatic nitrogens is 2. The van der Waals surface area contributed by atoms with Crippen molar-refractivity contribution < 1.29 is 4.57 Å². The summed E-state index contributed by atoms with van der Waals surface area (Å²) in [6.07, 6.45) is 2.29. The number of nitrogens with zero attached hydrogens (tertiary/aromatic N) is 2. The molecule has 0 aliphatic heterocycles. The molecule has 0 bridgehead atoms. The van der Waals surface area contributed by atoms with E-state index in [1.807, 2.05) is 0 Å². The molecule has 2 nitrogen and oxygen atoms in total. The van der Waals surface area contributed by atoms with E-state index in [1.165, 1.54) is 61.0 Å². The van der Waals surface area contributed by atoms with Crippen molar-refractivity contribution in [1.29, 1.82) is 0 Å². The van der Waals surface area contributed by atoms with Gasteiger partial charge in [0.05, 0.1) is 13.2 Å². The first kappa shape index (κ1) is 18.6. The molecule has 0 saturated heterocycles. The van der Waals surface area contributed by atoms with Crippen molar-refractivity contribution in [2.45, 2.75) is 27.7 Å². The van der Waals surface area contributed by atoms with Gasteiger partial charge < -0.3 is 0 Å². The fourth-order valence-corrected chi connectivity index (χ4v) is 4.89. The molecule has 0 aliphatic carbocycles. The summed E-state index contributed by atoms with van der Waals surface area (Å²) in [5, 5.41) is 2.61. The van der Waals surface area contributed by atoms with Crippen LogP contribution in [0.25, 0.3) is 38.8 Å². The Morgan fingerprint density at radius 1 is 0.667 bits per heavy atom. The fraction of sp³-hybridized carbons (Fsp3) is 0.179. The highest BCUT2D eigenvalue weighted by molar-refractivity contribution is 6.10. The van der Waals surface area contributed by atoms with Gasteiger partial charge in [0.15, 0.2) is 0 Å². The van der Waals surface area contributed by atoms with Crippen LogP contribution in [0.5, 0.6) is 0 Å². The minimum absolute atomic E-state index is 1.18.